The van der Waals surface area contributed by atoms with Crippen molar-refractivity contribution in [2.24, 2.45) is 5.41 Å². The second-order valence-electron chi connectivity index (χ2n) is 7.12. The topological polar surface area (TPSA) is 33.1 Å². The van der Waals surface area contributed by atoms with E-state index < -0.39 is 5.60 Å². The van der Waals surface area contributed by atoms with E-state index in [9.17, 15) is 5.11 Å². The Morgan fingerprint density at radius 3 is 2.33 bits per heavy atom. The number of pyridine rings is 1. The molecule has 2 aliphatic rings. The molecular weight excluding hydrogens is 258 g/mol. The van der Waals surface area contributed by atoms with Crippen LogP contribution in [-0.2, 0) is 5.60 Å². The summed E-state index contributed by atoms with van der Waals surface area (Å²) in [5.74, 6) is 0. The van der Waals surface area contributed by atoms with Gasteiger partial charge in [-0.1, -0.05) is 37.1 Å². The number of rotatable bonds is 1. The van der Waals surface area contributed by atoms with Gasteiger partial charge in [0.1, 0.15) is 0 Å². The number of aromatic nitrogens is 1. The molecule has 1 N–H and O–H groups in total. The standard InChI is InChI=1S/C19H23NO/c21-19(12-10-18(11-13-19)8-1-2-9-18)16-7-3-5-15-6-4-14-20-17(15)16/h3-7,14,21H,1-2,8-13H2. The van der Waals surface area contributed by atoms with Crippen molar-refractivity contribution in [3.8, 4) is 0 Å². The lowest BCUT2D eigenvalue weighted by Gasteiger charge is -2.42. The highest BCUT2D eigenvalue weighted by molar-refractivity contribution is 5.82. The molecule has 0 radical (unpaired) electrons. The van der Waals surface area contributed by atoms with E-state index in [4.69, 9.17) is 0 Å². The first-order valence-electron chi connectivity index (χ1n) is 8.28. The molecule has 1 aromatic carbocycles. The van der Waals surface area contributed by atoms with E-state index >= 15 is 0 Å². The van der Waals surface area contributed by atoms with Crippen LogP contribution in [0.3, 0.4) is 0 Å². The molecule has 110 valence electrons. The molecule has 1 spiro atoms. The summed E-state index contributed by atoms with van der Waals surface area (Å²) in [6, 6.07) is 10.2. The van der Waals surface area contributed by atoms with Gasteiger partial charge in [-0.15, -0.1) is 0 Å². The average molecular weight is 281 g/mol. The highest BCUT2D eigenvalue weighted by atomic mass is 16.3. The van der Waals surface area contributed by atoms with Gasteiger partial charge < -0.3 is 5.11 Å². The molecule has 0 atom stereocenters. The van der Waals surface area contributed by atoms with E-state index in [1.54, 1.807) is 0 Å². The summed E-state index contributed by atoms with van der Waals surface area (Å²) in [5.41, 5.74) is 1.88. The van der Waals surface area contributed by atoms with Crippen molar-refractivity contribution >= 4 is 10.9 Å². The van der Waals surface area contributed by atoms with Crippen molar-refractivity contribution < 1.29 is 5.11 Å². The predicted molar refractivity (Wildman–Crippen MR) is 85.0 cm³/mol. The summed E-state index contributed by atoms with van der Waals surface area (Å²) in [6.45, 7) is 0. The van der Waals surface area contributed by atoms with Crippen molar-refractivity contribution in [3.63, 3.8) is 0 Å². The first-order valence-corrected chi connectivity index (χ1v) is 8.28. The minimum absolute atomic E-state index is 0.546. The molecule has 2 nitrogen and oxygen atoms in total. The van der Waals surface area contributed by atoms with Crippen molar-refractivity contribution in [2.75, 3.05) is 0 Å². The van der Waals surface area contributed by atoms with Gasteiger partial charge in [0.05, 0.1) is 11.1 Å². The molecule has 2 aliphatic carbocycles. The van der Waals surface area contributed by atoms with E-state index in [1.165, 1.54) is 38.5 Å². The molecule has 0 bridgehead atoms. The van der Waals surface area contributed by atoms with Gasteiger partial charge >= 0.3 is 0 Å². The molecule has 2 heteroatoms. The van der Waals surface area contributed by atoms with Crippen molar-refractivity contribution in [2.45, 2.75) is 57.0 Å². The third kappa shape index (κ3) is 2.17. The Hall–Kier alpha value is -1.41. The summed E-state index contributed by atoms with van der Waals surface area (Å²) >= 11 is 0. The maximum atomic E-state index is 11.2. The van der Waals surface area contributed by atoms with E-state index in [2.05, 4.69) is 29.2 Å². The summed E-state index contributed by atoms with van der Waals surface area (Å²) < 4.78 is 0. The number of fused-ring (bicyclic) bond motifs is 1. The van der Waals surface area contributed by atoms with Gasteiger partial charge in [0.25, 0.3) is 0 Å². The highest BCUT2D eigenvalue weighted by Crippen LogP contribution is 2.53. The maximum Gasteiger partial charge on any atom is 0.0918 e. The molecule has 0 unspecified atom stereocenters. The van der Waals surface area contributed by atoms with Crippen molar-refractivity contribution in [1.82, 2.24) is 4.98 Å². The van der Waals surface area contributed by atoms with Crippen LogP contribution >= 0.6 is 0 Å². The summed E-state index contributed by atoms with van der Waals surface area (Å²) in [6.07, 6.45) is 11.5. The van der Waals surface area contributed by atoms with Crippen LogP contribution in [-0.4, -0.2) is 10.1 Å². The number of hydrogen-bond acceptors (Lipinski definition) is 2. The quantitative estimate of drug-likeness (QED) is 0.831. The Bertz CT molecular complexity index is 642. The Morgan fingerprint density at radius 1 is 0.857 bits per heavy atom. The maximum absolute atomic E-state index is 11.2. The lowest BCUT2D eigenvalue weighted by molar-refractivity contribution is -0.0366. The molecule has 1 heterocycles. The summed E-state index contributed by atoms with van der Waals surface area (Å²) in [4.78, 5) is 4.53. The third-order valence-electron chi connectivity index (χ3n) is 5.94. The summed E-state index contributed by atoms with van der Waals surface area (Å²) in [7, 11) is 0. The second-order valence-corrected chi connectivity index (χ2v) is 7.12. The van der Waals surface area contributed by atoms with E-state index in [0.29, 0.717) is 5.41 Å². The van der Waals surface area contributed by atoms with E-state index in [-0.39, 0.29) is 0 Å². The molecule has 1 aromatic heterocycles. The number of hydrogen-bond donors (Lipinski definition) is 1. The van der Waals surface area contributed by atoms with Gasteiger partial charge in [-0.3, -0.25) is 4.98 Å². The molecule has 0 amide bonds. The van der Waals surface area contributed by atoms with Crippen molar-refractivity contribution in [1.29, 1.82) is 0 Å². The molecule has 2 saturated carbocycles. The largest absolute Gasteiger partial charge is 0.385 e. The van der Waals surface area contributed by atoms with Gasteiger partial charge in [-0.05, 0) is 50.0 Å². The predicted octanol–water partition coefficient (Wildman–Crippen LogP) is 4.56. The lowest BCUT2D eigenvalue weighted by atomic mass is 9.66. The fourth-order valence-electron chi connectivity index (χ4n) is 4.57. The Balaban J connectivity index is 1.69. The van der Waals surface area contributed by atoms with Crippen LogP contribution in [0, 0.1) is 5.41 Å². The number of aliphatic hydroxyl groups is 1. The Labute approximate surface area is 126 Å². The van der Waals surface area contributed by atoms with Gasteiger partial charge in [0, 0.05) is 17.1 Å². The minimum atomic E-state index is -0.679. The second kappa shape index (κ2) is 4.81. The fraction of sp³-hybridized carbons (Fsp3) is 0.526. The van der Waals surface area contributed by atoms with Crippen molar-refractivity contribution in [3.05, 3.63) is 42.1 Å². The molecular formula is C19H23NO. The van der Waals surface area contributed by atoms with E-state index in [1.807, 2.05) is 12.3 Å². The smallest absolute Gasteiger partial charge is 0.0918 e. The average Bonchev–Trinajstić information content (AvgIpc) is 2.99. The van der Waals surface area contributed by atoms with Crippen LogP contribution in [0.15, 0.2) is 36.5 Å². The number of benzene rings is 1. The van der Waals surface area contributed by atoms with Crippen LogP contribution in [0.4, 0.5) is 0 Å². The minimum Gasteiger partial charge on any atom is -0.385 e. The number of para-hydroxylation sites is 1. The fourth-order valence-corrected chi connectivity index (χ4v) is 4.57. The molecule has 4 rings (SSSR count). The molecule has 0 aliphatic heterocycles. The monoisotopic (exact) mass is 281 g/mol. The molecule has 21 heavy (non-hydrogen) atoms. The first kappa shape index (κ1) is 13.3. The van der Waals surface area contributed by atoms with Gasteiger partial charge in [-0.2, -0.15) is 0 Å². The highest BCUT2D eigenvalue weighted by Gasteiger charge is 2.44. The first-order chi connectivity index (χ1) is 10.2. The van der Waals surface area contributed by atoms with Gasteiger partial charge in [0.2, 0.25) is 0 Å². The Kier molecular flexibility index (Phi) is 3.04. The zero-order valence-electron chi connectivity index (χ0n) is 12.5. The molecule has 2 fully saturated rings. The number of nitrogens with zero attached hydrogens (tertiary/aromatic N) is 1. The van der Waals surface area contributed by atoms with Crippen LogP contribution in [0.25, 0.3) is 10.9 Å². The zero-order valence-corrected chi connectivity index (χ0v) is 12.5. The Morgan fingerprint density at radius 2 is 1.57 bits per heavy atom. The normalized spacial score (nSPS) is 23.7. The van der Waals surface area contributed by atoms with E-state index in [0.717, 1.165) is 29.3 Å². The third-order valence-corrected chi connectivity index (χ3v) is 5.94. The van der Waals surface area contributed by atoms with Crippen LogP contribution in [0.5, 0.6) is 0 Å². The zero-order chi connectivity index (χ0) is 14.3. The van der Waals surface area contributed by atoms with Crippen LogP contribution < -0.4 is 0 Å². The summed E-state index contributed by atoms with van der Waals surface area (Å²) in [5, 5.41) is 12.4. The molecule has 2 aromatic rings. The van der Waals surface area contributed by atoms with Crippen LogP contribution in [0.2, 0.25) is 0 Å². The lowest BCUT2D eigenvalue weighted by Crippen LogP contribution is -2.36. The SMILES string of the molecule is OC1(c2cccc3cccnc23)CCC2(CCCC2)CC1. The molecule has 0 saturated heterocycles. The van der Waals surface area contributed by atoms with Gasteiger partial charge in [-0.25, -0.2) is 0 Å². The van der Waals surface area contributed by atoms with Gasteiger partial charge in [0.15, 0.2) is 0 Å². The van der Waals surface area contributed by atoms with Crippen LogP contribution in [0.1, 0.15) is 56.9 Å².